The van der Waals surface area contributed by atoms with Crippen molar-refractivity contribution in [2.75, 3.05) is 26.2 Å². The van der Waals surface area contributed by atoms with Crippen molar-refractivity contribution in [1.82, 2.24) is 9.80 Å². The molecule has 1 saturated heterocycles. The molecular weight excluding hydrogens is 228 g/mol. The maximum atomic E-state index is 5.38. The molecule has 0 unspecified atom stereocenters. The SMILES string of the molecule is c1coc(CN2CCN(Cc3ccco3)CC2)c1. The number of hydrogen-bond donors (Lipinski definition) is 0. The van der Waals surface area contributed by atoms with Crippen molar-refractivity contribution >= 4 is 0 Å². The summed E-state index contributed by atoms with van der Waals surface area (Å²) in [5.74, 6) is 2.10. The highest BCUT2D eigenvalue weighted by Gasteiger charge is 2.18. The van der Waals surface area contributed by atoms with Gasteiger partial charge in [-0.25, -0.2) is 0 Å². The van der Waals surface area contributed by atoms with Crippen LogP contribution in [-0.4, -0.2) is 36.0 Å². The number of piperazine rings is 1. The molecule has 4 heteroatoms. The highest BCUT2D eigenvalue weighted by Crippen LogP contribution is 2.11. The molecule has 4 nitrogen and oxygen atoms in total. The summed E-state index contributed by atoms with van der Waals surface area (Å²) >= 11 is 0. The first-order chi connectivity index (χ1) is 8.90. The number of hydrogen-bond acceptors (Lipinski definition) is 4. The van der Waals surface area contributed by atoms with Crippen molar-refractivity contribution in [3.63, 3.8) is 0 Å². The van der Waals surface area contributed by atoms with Crippen molar-refractivity contribution in [3.8, 4) is 0 Å². The minimum Gasteiger partial charge on any atom is -0.468 e. The molecule has 18 heavy (non-hydrogen) atoms. The smallest absolute Gasteiger partial charge is 0.117 e. The lowest BCUT2D eigenvalue weighted by Gasteiger charge is -2.33. The minimum absolute atomic E-state index is 0.918. The van der Waals surface area contributed by atoms with E-state index in [0.717, 1.165) is 50.8 Å². The van der Waals surface area contributed by atoms with E-state index in [0.29, 0.717) is 0 Å². The van der Waals surface area contributed by atoms with Crippen LogP contribution in [0.15, 0.2) is 45.6 Å². The number of nitrogens with zero attached hydrogens (tertiary/aromatic N) is 2. The second kappa shape index (κ2) is 5.42. The first kappa shape index (κ1) is 11.6. The van der Waals surface area contributed by atoms with Crippen molar-refractivity contribution in [1.29, 1.82) is 0 Å². The Hall–Kier alpha value is -1.52. The van der Waals surface area contributed by atoms with Crippen molar-refractivity contribution in [2.24, 2.45) is 0 Å². The van der Waals surface area contributed by atoms with Gasteiger partial charge >= 0.3 is 0 Å². The van der Waals surface area contributed by atoms with Crippen LogP contribution in [0.2, 0.25) is 0 Å². The fraction of sp³-hybridized carbons (Fsp3) is 0.429. The van der Waals surface area contributed by atoms with Gasteiger partial charge in [-0.1, -0.05) is 0 Å². The van der Waals surface area contributed by atoms with Crippen LogP contribution in [0.3, 0.4) is 0 Å². The zero-order chi connectivity index (χ0) is 12.2. The Morgan fingerprint density at radius 3 is 1.56 bits per heavy atom. The van der Waals surface area contributed by atoms with Gasteiger partial charge in [0.1, 0.15) is 11.5 Å². The minimum atomic E-state index is 0.918. The lowest BCUT2D eigenvalue weighted by Crippen LogP contribution is -2.45. The van der Waals surface area contributed by atoms with E-state index in [1.807, 2.05) is 24.3 Å². The van der Waals surface area contributed by atoms with Gasteiger partial charge < -0.3 is 8.83 Å². The van der Waals surface area contributed by atoms with E-state index in [1.165, 1.54) is 0 Å². The molecule has 96 valence electrons. The van der Waals surface area contributed by atoms with E-state index in [4.69, 9.17) is 8.83 Å². The molecule has 0 bridgehead atoms. The van der Waals surface area contributed by atoms with Crippen LogP contribution in [0.25, 0.3) is 0 Å². The summed E-state index contributed by atoms with van der Waals surface area (Å²) in [6, 6.07) is 7.97. The van der Waals surface area contributed by atoms with Crippen LogP contribution in [-0.2, 0) is 13.1 Å². The molecule has 0 aromatic carbocycles. The lowest BCUT2D eigenvalue weighted by molar-refractivity contribution is 0.110. The van der Waals surface area contributed by atoms with Crippen LogP contribution < -0.4 is 0 Å². The van der Waals surface area contributed by atoms with Gasteiger partial charge in [0, 0.05) is 26.2 Å². The Bertz CT molecular complexity index is 398. The third-order valence-corrected chi connectivity index (χ3v) is 3.38. The van der Waals surface area contributed by atoms with Crippen LogP contribution in [0.4, 0.5) is 0 Å². The van der Waals surface area contributed by atoms with Crippen LogP contribution in [0.1, 0.15) is 11.5 Å². The topological polar surface area (TPSA) is 32.8 Å². The standard InChI is InChI=1S/C14H18N2O2/c1-3-13(17-9-1)11-15-5-7-16(8-6-15)12-14-4-2-10-18-14/h1-4,9-10H,5-8,11-12H2. The summed E-state index contributed by atoms with van der Waals surface area (Å²) < 4.78 is 10.8. The van der Waals surface area contributed by atoms with E-state index in [-0.39, 0.29) is 0 Å². The fourth-order valence-electron chi connectivity index (χ4n) is 2.35. The molecule has 3 heterocycles. The molecule has 0 saturated carbocycles. The molecule has 0 spiro atoms. The molecule has 1 fully saturated rings. The second-order valence-corrected chi connectivity index (χ2v) is 4.71. The lowest BCUT2D eigenvalue weighted by atomic mass is 10.3. The summed E-state index contributed by atoms with van der Waals surface area (Å²) in [6.45, 7) is 6.18. The zero-order valence-electron chi connectivity index (χ0n) is 10.4. The average molecular weight is 246 g/mol. The average Bonchev–Trinajstić information content (AvgIpc) is 3.05. The molecule has 0 N–H and O–H groups in total. The van der Waals surface area contributed by atoms with Gasteiger partial charge in [-0.15, -0.1) is 0 Å². The maximum Gasteiger partial charge on any atom is 0.117 e. The molecule has 0 radical (unpaired) electrons. The van der Waals surface area contributed by atoms with Crippen molar-refractivity contribution in [2.45, 2.75) is 13.1 Å². The molecule has 2 aromatic rings. The fourth-order valence-corrected chi connectivity index (χ4v) is 2.35. The normalized spacial score (nSPS) is 18.2. The van der Waals surface area contributed by atoms with E-state index in [2.05, 4.69) is 9.80 Å². The van der Waals surface area contributed by atoms with E-state index in [9.17, 15) is 0 Å². The van der Waals surface area contributed by atoms with Gasteiger partial charge in [-0.05, 0) is 24.3 Å². The van der Waals surface area contributed by atoms with E-state index < -0.39 is 0 Å². The van der Waals surface area contributed by atoms with E-state index >= 15 is 0 Å². The zero-order valence-corrected chi connectivity index (χ0v) is 10.4. The molecular formula is C14H18N2O2. The van der Waals surface area contributed by atoms with Crippen molar-refractivity contribution in [3.05, 3.63) is 48.3 Å². The maximum absolute atomic E-state index is 5.38. The van der Waals surface area contributed by atoms with Gasteiger partial charge in [0.15, 0.2) is 0 Å². The van der Waals surface area contributed by atoms with Crippen LogP contribution in [0, 0.1) is 0 Å². The van der Waals surface area contributed by atoms with E-state index in [1.54, 1.807) is 12.5 Å². The van der Waals surface area contributed by atoms with Gasteiger partial charge in [-0.2, -0.15) is 0 Å². The summed E-state index contributed by atoms with van der Waals surface area (Å²) in [5, 5.41) is 0. The molecule has 1 aliphatic rings. The predicted molar refractivity (Wildman–Crippen MR) is 68.0 cm³/mol. The Morgan fingerprint density at radius 1 is 0.778 bits per heavy atom. The Balaban J connectivity index is 1.46. The Kier molecular flexibility index (Phi) is 3.48. The Morgan fingerprint density at radius 2 is 1.22 bits per heavy atom. The predicted octanol–water partition coefficient (Wildman–Crippen LogP) is 2.19. The first-order valence-electron chi connectivity index (χ1n) is 6.39. The molecule has 0 aliphatic carbocycles. The second-order valence-electron chi connectivity index (χ2n) is 4.71. The first-order valence-corrected chi connectivity index (χ1v) is 6.39. The molecule has 0 atom stereocenters. The number of rotatable bonds is 4. The molecule has 1 aliphatic heterocycles. The third-order valence-electron chi connectivity index (χ3n) is 3.38. The van der Waals surface area contributed by atoms with Crippen LogP contribution in [0.5, 0.6) is 0 Å². The highest BCUT2D eigenvalue weighted by molar-refractivity contribution is 4.99. The molecule has 0 amide bonds. The third kappa shape index (κ3) is 2.83. The Labute approximate surface area is 107 Å². The molecule has 3 rings (SSSR count). The van der Waals surface area contributed by atoms with Crippen molar-refractivity contribution < 1.29 is 8.83 Å². The summed E-state index contributed by atoms with van der Waals surface area (Å²) in [6.07, 6.45) is 3.48. The van der Waals surface area contributed by atoms with Gasteiger partial charge in [0.2, 0.25) is 0 Å². The number of furan rings is 2. The highest BCUT2D eigenvalue weighted by atomic mass is 16.3. The monoisotopic (exact) mass is 246 g/mol. The largest absolute Gasteiger partial charge is 0.468 e. The molecule has 2 aromatic heterocycles. The van der Waals surface area contributed by atoms with Gasteiger partial charge in [-0.3, -0.25) is 9.80 Å². The van der Waals surface area contributed by atoms with Gasteiger partial charge in [0.25, 0.3) is 0 Å². The summed E-state index contributed by atoms with van der Waals surface area (Å²) in [5.41, 5.74) is 0. The quantitative estimate of drug-likeness (QED) is 0.828. The summed E-state index contributed by atoms with van der Waals surface area (Å²) in [4.78, 5) is 4.86. The van der Waals surface area contributed by atoms with Gasteiger partial charge in [0.05, 0.1) is 25.6 Å². The van der Waals surface area contributed by atoms with Crippen LogP contribution >= 0.6 is 0 Å². The summed E-state index contributed by atoms with van der Waals surface area (Å²) in [7, 11) is 0.